The number of benzene rings is 2. The molecular formula is C23H23N3O2. The molecule has 0 aliphatic carbocycles. The van der Waals surface area contributed by atoms with Crippen molar-refractivity contribution in [3.05, 3.63) is 78.5 Å². The molecule has 2 heterocycles. The van der Waals surface area contributed by atoms with Crippen molar-refractivity contribution < 1.29 is 9.53 Å². The molecule has 4 rings (SSSR count). The summed E-state index contributed by atoms with van der Waals surface area (Å²) in [6.45, 7) is 1.69. The number of para-hydroxylation sites is 1. The third-order valence-electron chi connectivity index (χ3n) is 4.76. The van der Waals surface area contributed by atoms with Crippen molar-refractivity contribution in [2.24, 2.45) is 0 Å². The molecule has 1 N–H and O–H groups in total. The number of nitrogens with zero attached hydrogens (tertiary/aromatic N) is 2. The predicted molar refractivity (Wildman–Crippen MR) is 110 cm³/mol. The summed E-state index contributed by atoms with van der Waals surface area (Å²) in [6.07, 6.45) is 5.03. The van der Waals surface area contributed by atoms with Crippen LogP contribution in [0.25, 0.3) is 0 Å². The number of likely N-dealkylation sites (tertiary alicyclic amines) is 1. The summed E-state index contributed by atoms with van der Waals surface area (Å²) < 4.78 is 5.80. The Hall–Kier alpha value is -3.34. The van der Waals surface area contributed by atoms with Gasteiger partial charge in [-0.25, -0.2) is 4.98 Å². The lowest BCUT2D eigenvalue weighted by atomic mass is 10.1. The summed E-state index contributed by atoms with van der Waals surface area (Å²) in [5.41, 5.74) is 1.54. The summed E-state index contributed by atoms with van der Waals surface area (Å²) >= 11 is 0. The summed E-state index contributed by atoms with van der Waals surface area (Å²) in [7, 11) is 0. The number of amides is 1. The normalized spacial score (nSPS) is 13.8. The van der Waals surface area contributed by atoms with Crippen LogP contribution in [0.15, 0.2) is 72.9 Å². The Balaban J connectivity index is 1.37. The summed E-state index contributed by atoms with van der Waals surface area (Å²) in [4.78, 5) is 18.8. The van der Waals surface area contributed by atoms with Crippen molar-refractivity contribution in [1.29, 1.82) is 0 Å². The van der Waals surface area contributed by atoms with Gasteiger partial charge in [0.2, 0.25) is 0 Å². The SMILES string of the molecule is O=C(c1ccc(Nc2ccc(Oc3ccccc3)cc2)nc1)N1CCCCC1. The Labute approximate surface area is 165 Å². The molecule has 142 valence electrons. The van der Waals surface area contributed by atoms with Crippen molar-refractivity contribution in [2.75, 3.05) is 18.4 Å². The number of hydrogen-bond donors (Lipinski definition) is 1. The molecule has 5 heteroatoms. The standard InChI is InChI=1S/C23H23N3O2/c27-23(26-15-5-2-6-16-26)18-9-14-22(24-17-18)25-19-10-12-21(13-11-19)28-20-7-3-1-4-8-20/h1,3-4,7-14,17H,2,5-6,15-16H2,(H,24,25). The van der Waals surface area contributed by atoms with Gasteiger partial charge in [0, 0.05) is 25.0 Å². The summed E-state index contributed by atoms with van der Waals surface area (Å²) in [6, 6.07) is 21.0. The number of aromatic nitrogens is 1. The van der Waals surface area contributed by atoms with Gasteiger partial charge < -0.3 is 15.0 Å². The third-order valence-corrected chi connectivity index (χ3v) is 4.76. The van der Waals surface area contributed by atoms with Crippen LogP contribution in [-0.2, 0) is 0 Å². The molecule has 1 aromatic heterocycles. The number of nitrogens with one attached hydrogen (secondary N) is 1. The Morgan fingerprint density at radius 3 is 2.25 bits per heavy atom. The zero-order chi connectivity index (χ0) is 19.2. The van der Waals surface area contributed by atoms with E-state index in [1.807, 2.05) is 71.6 Å². The second kappa shape index (κ2) is 8.57. The van der Waals surface area contributed by atoms with Crippen LogP contribution in [0.5, 0.6) is 11.5 Å². The van der Waals surface area contributed by atoms with Gasteiger partial charge in [-0.2, -0.15) is 0 Å². The van der Waals surface area contributed by atoms with Crippen LogP contribution in [0, 0.1) is 0 Å². The number of rotatable bonds is 5. The quantitative estimate of drug-likeness (QED) is 0.664. The largest absolute Gasteiger partial charge is 0.457 e. The van der Waals surface area contributed by atoms with Crippen molar-refractivity contribution in [3.8, 4) is 11.5 Å². The van der Waals surface area contributed by atoms with Gasteiger partial charge in [0.25, 0.3) is 5.91 Å². The highest BCUT2D eigenvalue weighted by Crippen LogP contribution is 2.24. The molecular weight excluding hydrogens is 350 g/mol. The highest BCUT2D eigenvalue weighted by molar-refractivity contribution is 5.94. The average Bonchev–Trinajstić information content (AvgIpc) is 2.76. The van der Waals surface area contributed by atoms with E-state index in [0.29, 0.717) is 11.4 Å². The monoisotopic (exact) mass is 373 g/mol. The van der Waals surface area contributed by atoms with Gasteiger partial charge in [0.1, 0.15) is 17.3 Å². The van der Waals surface area contributed by atoms with Crippen molar-refractivity contribution >= 4 is 17.4 Å². The Morgan fingerprint density at radius 2 is 1.57 bits per heavy atom. The lowest BCUT2D eigenvalue weighted by Crippen LogP contribution is -2.35. The second-order valence-electron chi connectivity index (χ2n) is 6.85. The highest BCUT2D eigenvalue weighted by Gasteiger charge is 2.18. The van der Waals surface area contributed by atoms with Gasteiger partial charge >= 0.3 is 0 Å². The molecule has 28 heavy (non-hydrogen) atoms. The maximum atomic E-state index is 12.5. The molecule has 3 aromatic rings. The van der Waals surface area contributed by atoms with Crippen LogP contribution < -0.4 is 10.1 Å². The number of anilines is 2. The smallest absolute Gasteiger partial charge is 0.255 e. The first-order valence-corrected chi connectivity index (χ1v) is 9.63. The lowest BCUT2D eigenvalue weighted by molar-refractivity contribution is 0.0724. The van der Waals surface area contributed by atoms with Crippen LogP contribution in [0.2, 0.25) is 0 Å². The number of piperidine rings is 1. The molecule has 0 unspecified atom stereocenters. The van der Waals surface area contributed by atoms with Crippen molar-refractivity contribution in [1.82, 2.24) is 9.88 Å². The van der Waals surface area contributed by atoms with E-state index in [2.05, 4.69) is 10.3 Å². The van der Waals surface area contributed by atoms with Crippen LogP contribution in [-0.4, -0.2) is 28.9 Å². The summed E-state index contributed by atoms with van der Waals surface area (Å²) in [5.74, 6) is 2.35. The number of carbonyl (C=O) groups excluding carboxylic acids is 1. The average molecular weight is 373 g/mol. The number of ether oxygens (including phenoxy) is 1. The Morgan fingerprint density at radius 1 is 0.857 bits per heavy atom. The van der Waals surface area contributed by atoms with Gasteiger partial charge in [-0.05, 0) is 67.8 Å². The molecule has 2 aromatic carbocycles. The van der Waals surface area contributed by atoms with E-state index in [4.69, 9.17) is 4.74 Å². The highest BCUT2D eigenvalue weighted by atomic mass is 16.5. The molecule has 1 fully saturated rings. The fraction of sp³-hybridized carbons (Fsp3) is 0.217. The minimum Gasteiger partial charge on any atom is -0.457 e. The first-order chi connectivity index (χ1) is 13.8. The molecule has 0 bridgehead atoms. The maximum absolute atomic E-state index is 12.5. The van der Waals surface area contributed by atoms with Gasteiger partial charge in [-0.3, -0.25) is 4.79 Å². The van der Waals surface area contributed by atoms with Crippen LogP contribution >= 0.6 is 0 Å². The Kier molecular flexibility index (Phi) is 5.52. The van der Waals surface area contributed by atoms with Crippen LogP contribution in [0.1, 0.15) is 29.6 Å². The fourth-order valence-corrected chi connectivity index (χ4v) is 3.25. The molecule has 1 amide bonds. The topological polar surface area (TPSA) is 54.5 Å². The molecule has 0 atom stereocenters. The molecule has 0 saturated carbocycles. The van der Waals surface area contributed by atoms with E-state index < -0.39 is 0 Å². The lowest BCUT2D eigenvalue weighted by Gasteiger charge is -2.26. The number of carbonyl (C=O) groups is 1. The van der Waals surface area contributed by atoms with E-state index in [-0.39, 0.29) is 5.91 Å². The van der Waals surface area contributed by atoms with Gasteiger partial charge in [-0.1, -0.05) is 18.2 Å². The minimum atomic E-state index is 0.0705. The molecule has 5 nitrogen and oxygen atoms in total. The van der Waals surface area contributed by atoms with Gasteiger partial charge in [0.15, 0.2) is 0 Å². The van der Waals surface area contributed by atoms with Gasteiger partial charge in [0.05, 0.1) is 5.56 Å². The second-order valence-corrected chi connectivity index (χ2v) is 6.85. The number of pyridine rings is 1. The van der Waals surface area contributed by atoms with Crippen LogP contribution in [0.3, 0.4) is 0 Å². The third kappa shape index (κ3) is 4.49. The van der Waals surface area contributed by atoms with E-state index >= 15 is 0 Å². The Bertz CT molecular complexity index is 903. The maximum Gasteiger partial charge on any atom is 0.255 e. The van der Waals surface area contributed by atoms with E-state index in [9.17, 15) is 4.79 Å². The minimum absolute atomic E-state index is 0.0705. The van der Waals surface area contributed by atoms with Crippen LogP contribution in [0.4, 0.5) is 11.5 Å². The first-order valence-electron chi connectivity index (χ1n) is 9.63. The molecule has 0 radical (unpaired) electrons. The molecule has 1 aliphatic heterocycles. The zero-order valence-electron chi connectivity index (χ0n) is 15.7. The molecule has 1 saturated heterocycles. The van der Waals surface area contributed by atoms with Gasteiger partial charge in [-0.15, -0.1) is 0 Å². The van der Waals surface area contributed by atoms with Crippen molar-refractivity contribution in [2.45, 2.75) is 19.3 Å². The molecule has 1 aliphatic rings. The van der Waals surface area contributed by atoms with E-state index in [1.165, 1.54) is 6.42 Å². The van der Waals surface area contributed by atoms with Crippen molar-refractivity contribution in [3.63, 3.8) is 0 Å². The van der Waals surface area contributed by atoms with E-state index in [0.717, 1.165) is 43.1 Å². The first kappa shape index (κ1) is 18.0. The summed E-state index contributed by atoms with van der Waals surface area (Å²) in [5, 5.41) is 3.25. The molecule has 0 spiro atoms. The predicted octanol–water partition coefficient (Wildman–Crippen LogP) is 5.24. The van der Waals surface area contributed by atoms with E-state index in [1.54, 1.807) is 6.20 Å². The number of hydrogen-bond acceptors (Lipinski definition) is 4. The fourth-order valence-electron chi connectivity index (χ4n) is 3.25. The zero-order valence-corrected chi connectivity index (χ0v) is 15.7.